The number of nitrogens with two attached hydrogens (primary N) is 1. The Labute approximate surface area is 110 Å². The first-order valence-corrected chi connectivity index (χ1v) is 6.11. The molecule has 19 heavy (non-hydrogen) atoms. The van der Waals surface area contributed by atoms with E-state index in [1.165, 1.54) is 12.1 Å². The van der Waals surface area contributed by atoms with Gasteiger partial charge in [-0.3, -0.25) is 10.1 Å². The number of nitrogens with zero attached hydrogens (tertiary/aromatic N) is 2. The van der Waals surface area contributed by atoms with Crippen LogP contribution in [0.15, 0.2) is 30.5 Å². The second-order valence-corrected chi connectivity index (χ2v) is 4.46. The van der Waals surface area contributed by atoms with Gasteiger partial charge in [0, 0.05) is 23.6 Å². The van der Waals surface area contributed by atoms with Gasteiger partial charge in [0.25, 0.3) is 5.69 Å². The summed E-state index contributed by atoms with van der Waals surface area (Å²) >= 11 is 0. The Kier molecular flexibility index (Phi) is 3.91. The Morgan fingerprint density at radius 1 is 1.42 bits per heavy atom. The van der Waals surface area contributed by atoms with Crippen LogP contribution in [-0.4, -0.2) is 21.4 Å². The van der Waals surface area contributed by atoms with Crippen molar-refractivity contribution in [3.05, 3.63) is 46.4 Å². The molecule has 3 N–H and O–H groups in total. The molecule has 1 aromatic heterocycles. The molecule has 0 saturated carbocycles. The molecule has 0 aliphatic carbocycles. The monoisotopic (exact) mass is 260 g/mol. The van der Waals surface area contributed by atoms with E-state index in [2.05, 4.69) is 16.9 Å². The Bertz CT molecular complexity index is 562. The zero-order valence-corrected chi connectivity index (χ0v) is 10.7. The number of nitrogens with one attached hydrogen (secondary N) is 1. The second kappa shape index (κ2) is 5.62. The topological polar surface area (TPSA) is 97.8 Å². The van der Waals surface area contributed by atoms with E-state index in [0.29, 0.717) is 6.54 Å². The molecule has 6 heteroatoms. The molecule has 0 aliphatic rings. The van der Waals surface area contributed by atoms with Gasteiger partial charge in [-0.05, 0) is 25.1 Å². The van der Waals surface area contributed by atoms with Gasteiger partial charge in [-0.2, -0.15) is 0 Å². The summed E-state index contributed by atoms with van der Waals surface area (Å²) < 4.78 is 0. The summed E-state index contributed by atoms with van der Waals surface area (Å²) in [7, 11) is 0. The fraction of sp³-hybridized carbons (Fsp3) is 0.308. The zero-order chi connectivity index (χ0) is 13.8. The molecule has 0 fully saturated rings. The van der Waals surface area contributed by atoms with E-state index in [1.807, 2.05) is 0 Å². The maximum atomic E-state index is 10.6. The van der Waals surface area contributed by atoms with Crippen LogP contribution < -0.4 is 5.73 Å². The lowest BCUT2D eigenvalue weighted by molar-refractivity contribution is -0.384. The fourth-order valence-electron chi connectivity index (χ4n) is 1.88. The largest absolute Gasteiger partial charge is 0.342 e. The van der Waals surface area contributed by atoms with Crippen molar-refractivity contribution >= 4 is 5.69 Å². The predicted molar refractivity (Wildman–Crippen MR) is 72.8 cm³/mol. The summed E-state index contributed by atoms with van der Waals surface area (Å²) in [6, 6.07) is 6.39. The van der Waals surface area contributed by atoms with E-state index in [9.17, 15) is 10.1 Å². The van der Waals surface area contributed by atoms with Gasteiger partial charge in [-0.1, -0.05) is 6.92 Å². The lowest BCUT2D eigenvalue weighted by Crippen LogP contribution is -2.05. The van der Waals surface area contributed by atoms with Crippen molar-refractivity contribution in [2.45, 2.75) is 19.3 Å². The van der Waals surface area contributed by atoms with Gasteiger partial charge in [0.2, 0.25) is 0 Å². The molecular weight excluding hydrogens is 244 g/mol. The van der Waals surface area contributed by atoms with E-state index < -0.39 is 4.92 Å². The molecule has 0 amide bonds. The number of rotatable bonds is 5. The van der Waals surface area contributed by atoms with Crippen molar-refractivity contribution in [1.29, 1.82) is 0 Å². The predicted octanol–water partition coefficient (Wildman–Crippen LogP) is 2.44. The van der Waals surface area contributed by atoms with Crippen LogP contribution in [0.5, 0.6) is 0 Å². The van der Waals surface area contributed by atoms with Crippen LogP contribution in [0.2, 0.25) is 0 Å². The van der Waals surface area contributed by atoms with E-state index in [-0.39, 0.29) is 11.6 Å². The minimum absolute atomic E-state index is 0.0833. The lowest BCUT2D eigenvalue weighted by atomic mass is 10.1. The molecule has 1 heterocycles. The maximum Gasteiger partial charge on any atom is 0.269 e. The molecule has 100 valence electrons. The van der Waals surface area contributed by atoms with Gasteiger partial charge < -0.3 is 10.7 Å². The third-order valence-electron chi connectivity index (χ3n) is 3.05. The summed E-state index contributed by atoms with van der Waals surface area (Å²) in [5.74, 6) is 1.16. The first kappa shape index (κ1) is 13.2. The van der Waals surface area contributed by atoms with Crippen LogP contribution in [0.4, 0.5) is 5.69 Å². The number of hydrogen-bond acceptors (Lipinski definition) is 4. The van der Waals surface area contributed by atoms with Gasteiger partial charge >= 0.3 is 0 Å². The summed E-state index contributed by atoms with van der Waals surface area (Å²) in [4.78, 5) is 17.7. The Hall–Kier alpha value is -2.21. The van der Waals surface area contributed by atoms with Crippen molar-refractivity contribution in [2.24, 2.45) is 5.73 Å². The van der Waals surface area contributed by atoms with E-state index in [1.54, 1.807) is 18.3 Å². The van der Waals surface area contributed by atoms with Crippen molar-refractivity contribution in [1.82, 2.24) is 9.97 Å². The highest BCUT2D eigenvalue weighted by Gasteiger charge is 2.11. The summed E-state index contributed by atoms with van der Waals surface area (Å²) in [6.45, 7) is 2.68. The maximum absolute atomic E-state index is 10.6. The summed E-state index contributed by atoms with van der Waals surface area (Å²) in [6.07, 6.45) is 2.61. The van der Waals surface area contributed by atoms with Gasteiger partial charge in [-0.15, -0.1) is 0 Å². The average molecular weight is 260 g/mol. The van der Waals surface area contributed by atoms with E-state index in [4.69, 9.17) is 5.73 Å². The van der Waals surface area contributed by atoms with Gasteiger partial charge in [0.15, 0.2) is 0 Å². The molecule has 1 aromatic carbocycles. The van der Waals surface area contributed by atoms with Crippen LogP contribution in [-0.2, 0) is 0 Å². The van der Waals surface area contributed by atoms with E-state index in [0.717, 1.165) is 23.5 Å². The smallest absolute Gasteiger partial charge is 0.269 e. The molecular formula is C13H16N4O2. The number of nitro benzene ring substituents is 1. The summed E-state index contributed by atoms with van der Waals surface area (Å²) in [5.41, 5.74) is 7.34. The molecule has 2 rings (SSSR count). The number of aromatic amines is 1. The van der Waals surface area contributed by atoms with Gasteiger partial charge in [0.1, 0.15) is 5.82 Å². The highest BCUT2D eigenvalue weighted by atomic mass is 16.6. The van der Waals surface area contributed by atoms with Crippen molar-refractivity contribution in [3.63, 3.8) is 0 Å². The standard InChI is InChI=1S/C13H16N4O2/c1-9(6-7-14)13-15-8-12(16-13)10-2-4-11(5-3-10)17(18)19/h2-5,8-9H,6-7,14H2,1H3,(H,15,16). The number of nitro groups is 1. The molecule has 0 saturated heterocycles. The fourth-order valence-corrected chi connectivity index (χ4v) is 1.88. The average Bonchev–Trinajstić information content (AvgIpc) is 2.89. The number of H-pyrrole nitrogens is 1. The van der Waals surface area contributed by atoms with Crippen molar-refractivity contribution < 1.29 is 4.92 Å². The molecule has 2 aromatic rings. The number of benzene rings is 1. The quantitative estimate of drug-likeness (QED) is 0.637. The first-order chi connectivity index (χ1) is 9.11. The van der Waals surface area contributed by atoms with Crippen LogP contribution >= 0.6 is 0 Å². The molecule has 0 spiro atoms. The molecule has 1 atom stereocenters. The third kappa shape index (κ3) is 2.97. The molecule has 1 unspecified atom stereocenters. The molecule has 0 radical (unpaired) electrons. The van der Waals surface area contributed by atoms with Gasteiger partial charge in [0.05, 0.1) is 16.8 Å². The van der Waals surface area contributed by atoms with Crippen LogP contribution in [0.25, 0.3) is 11.3 Å². The van der Waals surface area contributed by atoms with Crippen LogP contribution in [0.3, 0.4) is 0 Å². The third-order valence-corrected chi connectivity index (χ3v) is 3.05. The molecule has 0 bridgehead atoms. The minimum Gasteiger partial charge on any atom is -0.342 e. The Morgan fingerprint density at radius 3 is 2.68 bits per heavy atom. The summed E-state index contributed by atoms with van der Waals surface area (Å²) in [5, 5.41) is 10.6. The van der Waals surface area contributed by atoms with E-state index >= 15 is 0 Å². The first-order valence-electron chi connectivity index (χ1n) is 6.11. The lowest BCUT2D eigenvalue weighted by Gasteiger charge is -2.05. The Morgan fingerprint density at radius 2 is 2.11 bits per heavy atom. The Balaban J connectivity index is 2.20. The second-order valence-electron chi connectivity index (χ2n) is 4.46. The minimum atomic E-state index is -0.411. The number of aromatic nitrogens is 2. The van der Waals surface area contributed by atoms with Crippen LogP contribution in [0, 0.1) is 10.1 Å². The SMILES string of the molecule is CC(CCN)c1ncc(-c2ccc([N+](=O)[O-])cc2)[nH]1. The molecule has 6 nitrogen and oxygen atoms in total. The van der Waals surface area contributed by atoms with Crippen molar-refractivity contribution in [3.8, 4) is 11.3 Å². The number of non-ortho nitro benzene ring substituents is 1. The zero-order valence-electron chi connectivity index (χ0n) is 10.7. The number of hydrogen-bond donors (Lipinski definition) is 2. The van der Waals surface area contributed by atoms with Gasteiger partial charge in [-0.25, -0.2) is 4.98 Å². The highest BCUT2D eigenvalue weighted by Crippen LogP contribution is 2.23. The molecule has 0 aliphatic heterocycles. The van der Waals surface area contributed by atoms with Crippen LogP contribution in [0.1, 0.15) is 25.1 Å². The highest BCUT2D eigenvalue weighted by molar-refractivity contribution is 5.60. The van der Waals surface area contributed by atoms with Crippen molar-refractivity contribution in [2.75, 3.05) is 6.54 Å². The normalized spacial score (nSPS) is 12.3. The number of imidazole rings is 1.